The normalized spacial score (nSPS) is 17.1. The minimum Gasteiger partial charge on any atom is -0.335 e. The lowest BCUT2D eigenvalue weighted by molar-refractivity contribution is -0.137. The summed E-state index contributed by atoms with van der Waals surface area (Å²) in [5, 5.41) is 2.10. The van der Waals surface area contributed by atoms with E-state index in [-0.39, 0.29) is 12.1 Å². The van der Waals surface area contributed by atoms with Crippen LogP contribution in [0.4, 0.5) is 24.8 Å². The number of alkyl halides is 3. The molecule has 0 bridgehead atoms. The zero-order valence-electron chi connectivity index (χ0n) is 13.3. The lowest BCUT2D eigenvalue weighted by atomic mass is 10.2. The van der Waals surface area contributed by atoms with Crippen molar-refractivity contribution in [2.24, 2.45) is 0 Å². The van der Waals surface area contributed by atoms with Gasteiger partial charge in [-0.25, -0.2) is 9.97 Å². The van der Waals surface area contributed by atoms with Crippen LogP contribution in [0.15, 0.2) is 30.5 Å². The standard InChI is InChI=1S/C15H15ClF3N3O3P/c16-13-12(15(17,18)19)8-20-14(22-13)21-11-4-2-10(3-5-11)9-26(23)24-6-1-7-25-26/h2-5,8,23H,1,6-7,9H2,(H,20,21,22). The van der Waals surface area contributed by atoms with Crippen LogP contribution in [-0.4, -0.2) is 28.1 Å². The molecule has 1 aromatic carbocycles. The summed E-state index contributed by atoms with van der Waals surface area (Å²) in [6.07, 6.45) is -2.97. The van der Waals surface area contributed by atoms with Gasteiger partial charge in [-0.15, -0.1) is 0 Å². The van der Waals surface area contributed by atoms with E-state index in [9.17, 15) is 18.1 Å². The third-order valence-electron chi connectivity index (χ3n) is 3.51. The van der Waals surface area contributed by atoms with Gasteiger partial charge in [0.05, 0.1) is 19.4 Å². The Balaban J connectivity index is 1.67. The first-order valence-electron chi connectivity index (χ1n) is 7.61. The van der Waals surface area contributed by atoms with Crippen molar-refractivity contribution in [3.05, 3.63) is 46.7 Å². The molecule has 0 saturated carbocycles. The van der Waals surface area contributed by atoms with E-state index >= 15 is 0 Å². The number of halogens is 4. The fourth-order valence-corrected chi connectivity index (χ4v) is 4.26. The van der Waals surface area contributed by atoms with Gasteiger partial charge >= 0.3 is 6.18 Å². The molecule has 0 spiro atoms. The fourth-order valence-electron chi connectivity index (χ4n) is 2.27. The highest BCUT2D eigenvalue weighted by Gasteiger charge is 2.34. The molecule has 0 unspecified atom stereocenters. The predicted molar refractivity (Wildman–Crippen MR) is 91.1 cm³/mol. The Hall–Kier alpha value is -1.51. The van der Waals surface area contributed by atoms with Gasteiger partial charge < -0.3 is 19.3 Å². The van der Waals surface area contributed by atoms with Crippen molar-refractivity contribution in [3.8, 4) is 0 Å². The van der Waals surface area contributed by atoms with E-state index in [0.717, 1.165) is 12.0 Å². The first kappa shape index (κ1) is 19.3. The molecule has 1 aromatic heterocycles. The van der Waals surface area contributed by atoms with E-state index in [1.165, 1.54) is 0 Å². The Labute approximate surface area is 152 Å². The number of hydrogen-bond acceptors (Lipinski definition) is 6. The molecule has 0 atom stereocenters. The van der Waals surface area contributed by atoms with Crippen LogP contribution in [0.5, 0.6) is 0 Å². The molecule has 2 N–H and O–H groups in total. The number of hydrogen-bond donors (Lipinski definition) is 2. The van der Waals surface area contributed by atoms with Crippen LogP contribution < -0.4 is 5.32 Å². The molecule has 1 radical (unpaired) electrons. The first-order chi connectivity index (χ1) is 12.3. The molecular weight excluding hydrogens is 394 g/mol. The van der Waals surface area contributed by atoms with Crippen molar-refractivity contribution in [1.29, 1.82) is 0 Å². The zero-order valence-corrected chi connectivity index (χ0v) is 15.0. The largest absolute Gasteiger partial charge is 0.420 e. The quantitative estimate of drug-likeness (QED) is 0.569. The van der Waals surface area contributed by atoms with Gasteiger partial charge in [0, 0.05) is 11.9 Å². The number of anilines is 2. The molecule has 0 aliphatic carbocycles. The van der Waals surface area contributed by atoms with Crippen molar-refractivity contribution >= 4 is 31.2 Å². The van der Waals surface area contributed by atoms with Gasteiger partial charge in [-0.05, 0) is 24.1 Å². The summed E-state index contributed by atoms with van der Waals surface area (Å²) in [4.78, 5) is 17.5. The Bertz CT molecular complexity index is 771. The predicted octanol–water partition coefficient (Wildman–Crippen LogP) is 4.58. The van der Waals surface area contributed by atoms with Gasteiger partial charge in [-0.3, -0.25) is 0 Å². The molecule has 2 heterocycles. The average molecular weight is 409 g/mol. The minimum absolute atomic E-state index is 0.0548. The molecule has 2 aromatic rings. The summed E-state index contributed by atoms with van der Waals surface area (Å²) in [5.74, 6) is -0.0548. The summed E-state index contributed by atoms with van der Waals surface area (Å²) in [6, 6.07) is 6.85. The number of aromatic nitrogens is 2. The van der Waals surface area contributed by atoms with Crippen LogP contribution in [0.3, 0.4) is 0 Å². The third kappa shape index (κ3) is 4.81. The van der Waals surface area contributed by atoms with E-state index in [2.05, 4.69) is 15.3 Å². The van der Waals surface area contributed by atoms with Crippen molar-refractivity contribution in [2.75, 3.05) is 18.5 Å². The molecule has 3 rings (SSSR count). The molecule has 6 nitrogen and oxygen atoms in total. The molecule has 26 heavy (non-hydrogen) atoms. The molecule has 1 fully saturated rings. The number of benzene rings is 1. The summed E-state index contributed by atoms with van der Waals surface area (Å²) in [7, 11) is -2.86. The maximum absolute atomic E-state index is 12.7. The summed E-state index contributed by atoms with van der Waals surface area (Å²) >= 11 is 5.57. The third-order valence-corrected chi connectivity index (χ3v) is 5.74. The Kier molecular flexibility index (Phi) is 5.64. The molecule has 1 aliphatic rings. The second kappa shape index (κ2) is 7.62. The highest BCUT2D eigenvalue weighted by atomic mass is 35.5. The molecule has 11 heteroatoms. The van der Waals surface area contributed by atoms with E-state index in [1.807, 2.05) is 0 Å². The molecule has 1 aliphatic heterocycles. The average Bonchev–Trinajstić information content (AvgIpc) is 2.56. The smallest absolute Gasteiger partial charge is 0.335 e. The van der Waals surface area contributed by atoms with Gasteiger partial charge in [0.1, 0.15) is 10.7 Å². The van der Waals surface area contributed by atoms with Crippen molar-refractivity contribution in [1.82, 2.24) is 9.97 Å². The van der Waals surface area contributed by atoms with Gasteiger partial charge in [0.25, 0.3) is 0 Å². The molecule has 0 amide bonds. The Morgan fingerprint density at radius 3 is 2.42 bits per heavy atom. The Morgan fingerprint density at radius 1 is 1.19 bits per heavy atom. The molecular formula is C15H15ClF3N3O3P. The Morgan fingerprint density at radius 2 is 1.85 bits per heavy atom. The second-order valence-corrected chi connectivity index (χ2v) is 8.00. The maximum atomic E-state index is 12.7. The lowest BCUT2D eigenvalue weighted by Gasteiger charge is -2.32. The van der Waals surface area contributed by atoms with Crippen molar-refractivity contribution in [3.63, 3.8) is 0 Å². The highest BCUT2D eigenvalue weighted by Crippen LogP contribution is 2.61. The van der Waals surface area contributed by atoms with Gasteiger partial charge in [-0.1, -0.05) is 23.7 Å². The number of rotatable bonds is 4. The fraction of sp³-hybridized carbons (Fsp3) is 0.333. The van der Waals surface area contributed by atoms with Crippen LogP contribution in [0.1, 0.15) is 17.5 Å². The summed E-state index contributed by atoms with van der Waals surface area (Å²) in [6.45, 7) is 0.936. The van der Waals surface area contributed by atoms with Crippen molar-refractivity contribution < 1.29 is 27.1 Å². The van der Waals surface area contributed by atoms with Gasteiger partial charge in [0.15, 0.2) is 0 Å². The van der Waals surface area contributed by atoms with Crippen LogP contribution in [0.25, 0.3) is 0 Å². The van der Waals surface area contributed by atoms with E-state index in [1.54, 1.807) is 24.3 Å². The number of nitrogens with one attached hydrogen (secondary N) is 1. The zero-order chi connectivity index (χ0) is 18.8. The van der Waals surface area contributed by atoms with Crippen LogP contribution in [0, 0.1) is 0 Å². The summed E-state index contributed by atoms with van der Waals surface area (Å²) in [5.41, 5.74) is 0.268. The van der Waals surface area contributed by atoms with Crippen LogP contribution >= 0.6 is 19.5 Å². The SMILES string of the molecule is O[P]1(Cc2ccc(Nc3ncc(C(F)(F)F)c(Cl)n3)cc2)OCCCO1. The summed E-state index contributed by atoms with van der Waals surface area (Å²) < 4.78 is 48.7. The second-order valence-electron chi connectivity index (χ2n) is 5.53. The van der Waals surface area contributed by atoms with Crippen LogP contribution in [-0.2, 0) is 21.4 Å². The minimum atomic E-state index is -4.61. The number of nitrogens with zero attached hydrogens (tertiary/aromatic N) is 2. The molecule has 141 valence electrons. The van der Waals surface area contributed by atoms with Gasteiger partial charge in [-0.2, -0.15) is 13.2 Å². The first-order valence-corrected chi connectivity index (χ1v) is 9.75. The molecule has 1 saturated heterocycles. The maximum Gasteiger partial charge on any atom is 0.420 e. The van der Waals surface area contributed by atoms with Crippen molar-refractivity contribution in [2.45, 2.75) is 18.8 Å². The topological polar surface area (TPSA) is 76.5 Å². The van der Waals surface area contributed by atoms with E-state index in [4.69, 9.17) is 20.6 Å². The highest BCUT2D eigenvalue weighted by molar-refractivity contribution is 7.59. The van der Waals surface area contributed by atoms with E-state index in [0.29, 0.717) is 25.1 Å². The monoisotopic (exact) mass is 408 g/mol. The lowest BCUT2D eigenvalue weighted by Crippen LogP contribution is -2.14. The van der Waals surface area contributed by atoms with Crippen LogP contribution in [0.2, 0.25) is 5.15 Å². The van der Waals surface area contributed by atoms with E-state index < -0.39 is 24.8 Å². The van der Waals surface area contributed by atoms with Gasteiger partial charge in [0.2, 0.25) is 13.9 Å².